The van der Waals surface area contributed by atoms with E-state index >= 15 is 0 Å². The number of rotatable bonds is 9. The maximum absolute atomic E-state index is 12.6. The van der Waals surface area contributed by atoms with Gasteiger partial charge in [-0.2, -0.15) is 0 Å². The summed E-state index contributed by atoms with van der Waals surface area (Å²) < 4.78 is 0. The Balaban J connectivity index is 1.84. The largest absolute Gasteiger partial charge is 0.481 e. The van der Waals surface area contributed by atoms with E-state index in [2.05, 4.69) is 15.6 Å². The summed E-state index contributed by atoms with van der Waals surface area (Å²) in [6.07, 6.45) is 2.35. The van der Waals surface area contributed by atoms with Crippen molar-refractivity contribution in [2.45, 2.75) is 32.4 Å². The zero-order valence-electron chi connectivity index (χ0n) is 18.6. The fourth-order valence-electron chi connectivity index (χ4n) is 3.29. The maximum Gasteiger partial charge on any atom is 0.305 e. The summed E-state index contributed by atoms with van der Waals surface area (Å²) in [4.78, 5) is 53.9. The average molecular weight is 505 g/mol. The van der Waals surface area contributed by atoms with Crippen LogP contribution in [0.3, 0.4) is 0 Å². The molecule has 34 heavy (non-hydrogen) atoms. The zero-order chi connectivity index (χ0) is 25.2. The topological polar surface area (TPSA) is 129 Å². The lowest BCUT2D eigenvalue weighted by Gasteiger charge is -2.29. The maximum atomic E-state index is 12.6. The summed E-state index contributed by atoms with van der Waals surface area (Å²) in [6, 6.07) is 5.31. The fourth-order valence-corrected chi connectivity index (χ4v) is 3.75. The van der Waals surface area contributed by atoms with Crippen molar-refractivity contribution in [3.8, 4) is 0 Å². The van der Waals surface area contributed by atoms with Gasteiger partial charge < -0.3 is 20.6 Å². The molecule has 3 aromatic rings. The van der Waals surface area contributed by atoms with Gasteiger partial charge in [-0.05, 0) is 31.5 Å². The Morgan fingerprint density at radius 2 is 1.62 bits per heavy atom. The molecule has 0 bridgehead atoms. The van der Waals surface area contributed by atoms with E-state index in [1.807, 2.05) is 13.8 Å². The van der Waals surface area contributed by atoms with E-state index in [-0.39, 0.29) is 45.1 Å². The highest BCUT2D eigenvalue weighted by atomic mass is 35.5. The average Bonchev–Trinajstić information content (AvgIpc) is 2.79. The number of amides is 1. The molecule has 1 unspecified atom stereocenters. The van der Waals surface area contributed by atoms with Crippen LogP contribution in [0, 0.1) is 0 Å². The van der Waals surface area contributed by atoms with E-state index in [4.69, 9.17) is 23.2 Å². The summed E-state index contributed by atoms with van der Waals surface area (Å²) in [6.45, 7) is 3.73. The lowest BCUT2D eigenvalue weighted by atomic mass is 10.00. The van der Waals surface area contributed by atoms with E-state index in [9.17, 15) is 24.3 Å². The summed E-state index contributed by atoms with van der Waals surface area (Å²) in [7, 11) is 1.69. The van der Waals surface area contributed by atoms with Gasteiger partial charge in [0.1, 0.15) is 11.4 Å². The molecule has 11 heteroatoms. The number of carbonyl (C=O) groups is 2. The zero-order valence-corrected chi connectivity index (χ0v) is 20.1. The van der Waals surface area contributed by atoms with Gasteiger partial charge in [0.25, 0.3) is 16.8 Å². The third kappa shape index (κ3) is 5.21. The second-order valence-electron chi connectivity index (χ2n) is 7.94. The summed E-state index contributed by atoms with van der Waals surface area (Å²) in [5.41, 5.74) is 0.00271. The number of hydrogen-bond acceptors (Lipinski definition) is 7. The van der Waals surface area contributed by atoms with Crippen LogP contribution in [-0.2, 0) is 4.79 Å². The first-order valence-corrected chi connectivity index (χ1v) is 11.0. The molecule has 3 N–H and O–H groups in total. The first-order valence-electron chi connectivity index (χ1n) is 10.3. The van der Waals surface area contributed by atoms with Gasteiger partial charge >= 0.3 is 5.97 Å². The van der Waals surface area contributed by atoms with Crippen molar-refractivity contribution in [2.75, 3.05) is 22.6 Å². The Morgan fingerprint density at radius 3 is 2.15 bits per heavy atom. The number of carboxylic acid groups (broad SMARTS) is 1. The predicted octanol–water partition coefficient (Wildman–Crippen LogP) is 3.71. The molecule has 1 atom stereocenters. The summed E-state index contributed by atoms with van der Waals surface area (Å²) in [5.74, 6) is -1.58. The van der Waals surface area contributed by atoms with Crippen molar-refractivity contribution < 1.29 is 14.7 Å². The monoisotopic (exact) mass is 504 g/mol. The lowest BCUT2D eigenvalue weighted by Crippen LogP contribution is -2.44. The van der Waals surface area contributed by atoms with Crippen LogP contribution in [0.5, 0.6) is 0 Å². The van der Waals surface area contributed by atoms with Crippen LogP contribution in [0.2, 0.25) is 10.0 Å². The summed E-state index contributed by atoms with van der Waals surface area (Å²) in [5, 5.41) is 15.3. The van der Waals surface area contributed by atoms with Crippen molar-refractivity contribution in [1.29, 1.82) is 0 Å². The molecule has 0 saturated heterocycles. The van der Waals surface area contributed by atoms with Crippen molar-refractivity contribution in [1.82, 2.24) is 4.98 Å². The molecule has 0 aliphatic heterocycles. The first-order chi connectivity index (χ1) is 16.0. The molecule has 0 radical (unpaired) electrons. The number of nitrogens with one attached hydrogen (secondary N) is 2. The quantitative estimate of drug-likeness (QED) is 0.376. The molecule has 2 aromatic carbocycles. The van der Waals surface area contributed by atoms with E-state index < -0.39 is 28.8 Å². The Morgan fingerprint density at radius 1 is 1.03 bits per heavy atom. The van der Waals surface area contributed by atoms with Crippen LogP contribution >= 0.6 is 23.2 Å². The highest BCUT2D eigenvalue weighted by Crippen LogP contribution is 2.30. The number of anilines is 3. The van der Waals surface area contributed by atoms with Crippen molar-refractivity contribution in [3.05, 3.63) is 78.3 Å². The number of aliphatic carboxylic acids is 1. The number of aromatic nitrogens is 1. The fraction of sp³-hybridized carbons (Fsp3) is 0.261. The first kappa shape index (κ1) is 25.2. The highest BCUT2D eigenvalue weighted by molar-refractivity contribution is 6.39. The molecule has 3 rings (SSSR count). The molecule has 9 nitrogen and oxygen atoms in total. The van der Waals surface area contributed by atoms with Gasteiger partial charge in [0.15, 0.2) is 0 Å². The number of halogens is 2. The molecule has 0 aliphatic carbocycles. The van der Waals surface area contributed by atoms with E-state index in [1.165, 1.54) is 24.5 Å². The molecular formula is C23H22Cl2N4O5. The highest BCUT2D eigenvalue weighted by Gasteiger charge is 2.28. The molecule has 0 fully saturated rings. The minimum atomic E-state index is -1.10. The Hall–Kier alpha value is -3.43. The van der Waals surface area contributed by atoms with Crippen molar-refractivity contribution >= 4 is 52.1 Å². The standard InChI is InChI=1S/C23H22Cl2N4O5/c1-11(2)29(3)20-19(21(32)22(20)33)27-16(8-17(30)31)12-4-6-13(7-5-12)23(34)28-18-14(24)9-26-10-15(18)25/h4-7,9-11,16,27H,8H2,1-3H3,(H,30,31)(H,26,28,34). The van der Waals surface area contributed by atoms with Gasteiger partial charge in [-0.25, -0.2) is 0 Å². The number of benzene rings is 1. The Kier molecular flexibility index (Phi) is 7.58. The third-order valence-electron chi connectivity index (χ3n) is 5.38. The second kappa shape index (κ2) is 10.2. The third-order valence-corrected chi connectivity index (χ3v) is 5.95. The molecule has 0 saturated carbocycles. The minimum absolute atomic E-state index is 0.0398. The van der Waals surface area contributed by atoms with Crippen LogP contribution in [0.15, 0.2) is 46.2 Å². The van der Waals surface area contributed by atoms with Crippen LogP contribution in [0.4, 0.5) is 17.1 Å². The normalized spacial score (nSPS) is 11.9. The molecule has 1 heterocycles. The number of hydrogen-bond donors (Lipinski definition) is 3. The lowest BCUT2D eigenvalue weighted by molar-refractivity contribution is -0.137. The SMILES string of the molecule is CC(C)N(C)c1c(NC(CC(=O)O)c2ccc(C(=O)Nc3c(Cl)cncc3Cl)cc2)c(=O)c1=O. The van der Waals surface area contributed by atoms with Crippen LogP contribution in [0.1, 0.15) is 42.2 Å². The smallest absolute Gasteiger partial charge is 0.305 e. The van der Waals surface area contributed by atoms with Gasteiger partial charge in [-0.3, -0.25) is 24.2 Å². The number of carbonyl (C=O) groups excluding carboxylic acids is 1. The van der Waals surface area contributed by atoms with Gasteiger partial charge in [0.2, 0.25) is 0 Å². The Labute approximate surface area is 205 Å². The number of pyridine rings is 1. The van der Waals surface area contributed by atoms with Crippen LogP contribution in [0.25, 0.3) is 0 Å². The predicted molar refractivity (Wildman–Crippen MR) is 132 cm³/mol. The number of nitrogens with zero attached hydrogens (tertiary/aromatic N) is 2. The van der Waals surface area contributed by atoms with E-state index in [1.54, 1.807) is 24.1 Å². The van der Waals surface area contributed by atoms with Gasteiger partial charge in [-0.1, -0.05) is 35.3 Å². The number of carboxylic acids is 1. The van der Waals surface area contributed by atoms with Crippen molar-refractivity contribution in [3.63, 3.8) is 0 Å². The Bertz CT molecular complexity index is 1280. The second-order valence-corrected chi connectivity index (χ2v) is 8.75. The summed E-state index contributed by atoms with van der Waals surface area (Å²) >= 11 is 12.1. The molecule has 1 amide bonds. The van der Waals surface area contributed by atoms with E-state index in [0.717, 1.165) is 0 Å². The molecule has 178 valence electrons. The van der Waals surface area contributed by atoms with Gasteiger partial charge in [-0.15, -0.1) is 0 Å². The van der Waals surface area contributed by atoms with Crippen molar-refractivity contribution in [2.24, 2.45) is 0 Å². The van der Waals surface area contributed by atoms with Crippen LogP contribution in [-0.4, -0.2) is 35.1 Å². The van der Waals surface area contributed by atoms with Gasteiger partial charge in [0.05, 0.1) is 28.2 Å². The molecular weight excluding hydrogens is 483 g/mol. The molecule has 0 spiro atoms. The van der Waals surface area contributed by atoms with Gasteiger partial charge in [0, 0.05) is 31.0 Å². The van der Waals surface area contributed by atoms with E-state index in [0.29, 0.717) is 5.56 Å². The molecule has 1 aromatic heterocycles. The van der Waals surface area contributed by atoms with Crippen LogP contribution < -0.4 is 26.4 Å². The minimum Gasteiger partial charge on any atom is -0.481 e. The molecule has 0 aliphatic rings.